The van der Waals surface area contributed by atoms with E-state index in [0.717, 1.165) is 23.5 Å². The van der Waals surface area contributed by atoms with Crippen LogP contribution in [0.4, 0.5) is 5.69 Å². The van der Waals surface area contributed by atoms with Crippen LogP contribution in [0.25, 0.3) is 0 Å². The summed E-state index contributed by atoms with van der Waals surface area (Å²) in [5.41, 5.74) is 3.28. The third-order valence-corrected chi connectivity index (χ3v) is 4.86. The van der Waals surface area contributed by atoms with Gasteiger partial charge in [-0.1, -0.05) is 29.8 Å². The van der Waals surface area contributed by atoms with Gasteiger partial charge in [0.2, 0.25) is 0 Å². The summed E-state index contributed by atoms with van der Waals surface area (Å²) in [7, 11) is 0. The number of hydrogen-bond donors (Lipinski definition) is 1. The molecular formula is C24H24ClNO3. The highest BCUT2D eigenvalue weighted by Crippen LogP contribution is 2.23. The Labute approximate surface area is 176 Å². The average Bonchev–Trinajstić information content (AvgIpc) is 2.71. The lowest BCUT2D eigenvalue weighted by Gasteiger charge is -2.11. The van der Waals surface area contributed by atoms with Crippen LogP contribution in [0.5, 0.6) is 11.5 Å². The molecule has 1 amide bonds. The zero-order chi connectivity index (χ0) is 20.6. The third-order valence-electron chi connectivity index (χ3n) is 4.45. The minimum Gasteiger partial charge on any atom is -0.493 e. The van der Waals surface area contributed by atoms with Gasteiger partial charge in [0.05, 0.1) is 13.2 Å². The highest BCUT2D eigenvalue weighted by molar-refractivity contribution is 6.31. The molecule has 0 radical (unpaired) electrons. The second-order valence-electron chi connectivity index (χ2n) is 6.76. The second kappa shape index (κ2) is 9.99. The van der Waals surface area contributed by atoms with E-state index in [1.54, 1.807) is 30.3 Å². The van der Waals surface area contributed by atoms with Gasteiger partial charge in [0.15, 0.2) is 0 Å². The molecule has 0 saturated heterocycles. The first-order valence-electron chi connectivity index (χ1n) is 9.52. The van der Waals surface area contributed by atoms with E-state index < -0.39 is 0 Å². The highest BCUT2D eigenvalue weighted by atomic mass is 35.5. The van der Waals surface area contributed by atoms with Crippen molar-refractivity contribution in [2.75, 3.05) is 18.5 Å². The highest BCUT2D eigenvalue weighted by Gasteiger charge is 2.09. The van der Waals surface area contributed by atoms with Crippen LogP contribution in [0.3, 0.4) is 0 Å². The smallest absolute Gasteiger partial charge is 0.255 e. The molecule has 3 rings (SSSR count). The van der Waals surface area contributed by atoms with E-state index in [9.17, 15) is 4.79 Å². The Balaban J connectivity index is 1.44. The molecule has 0 saturated carbocycles. The zero-order valence-corrected chi connectivity index (χ0v) is 17.3. The van der Waals surface area contributed by atoms with Crippen molar-refractivity contribution in [1.82, 2.24) is 0 Å². The number of carbonyl (C=O) groups is 1. The van der Waals surface area contributed by atoms with Gasteiger partial charge in [0, 0.05) is 22.7 Å². The molecule has 0 bridgehead atoms. The molecule has 29 heavy (non-hydrogen) atoms. The van der Waals surface area contributed by atoms with Gasteiger partial charge < -0.3 is 14.8 Å². The van der Waals surface area contributed by atoms with Crippen LogP contribution < -0.4 is 14.8 Å². The van der Waals surface area contributed by atoms with Crippen molar-refractivity contribution < 1.29 is 14.3 Å². The van der Waals surface area contributed by atoms with Gasteiger partial charge in [-0.15, -0.1) is 0 Å². The maximum absolute atomic E-state index is 12.4. The first-order chi connectivity index (χ1) is 14.0. The summed E-state index contributed by atoms with van der Waals surface area (Å²) in [6, 6.07) is 20.5. The number of ether oxygens (including phenoxy) is 2. The SMILES string of the molecule is Cc1cccc(OCCCOc2ccc(C(=O)Nc3cccc(Cl)c3C)cc2)c1. The van der Waals surface area contributed by atoms with E-state index in [0.29, 0.717) is 29.5 Å². The van der Waals surface area contributed by atoms with Gasteiger partial charge in [0.1, 0.15) is 11.5 Å². The quantitative estimate of drug-likeness (QED) is 0.460. The first kappa shape index (κ1) is 20.7. The van der Waals surface area contributed by atoms with E-state index in [-0.39, 0.29) is 5.91 Å². The molecule has 0 atom stereocenters. The first-order valence-corrected chi connectivity index (χ1v) is 9.89. The minimum atomic E-state index is -0.187. The molecule has 0 heterocycles. The van der Waals surface area contributed by atoms with E-state index in [1.807, 2.05) is 50.2 Å². The van der Waals surface area contributed by atoms with Crippen molar-refractivity contribution in [1.29, 1.82) is 0 Å². The lowest BCUT2D eigenvalue weighted by Crippen LogP contribution is -2.12. The Hall–Kier alpha value is -2.98. The number of amides is 1. The fourth-order valence-electron chi connectivity index (χ4n) is 2.78. The molecule has 0 aromatic heterocycles. The van der Waals surface area contributed by atoms with Gasteiger partial charge in [-0.25, -0.2) is 0 Å². The van der Waals surface area contributed by atoms with E-state index >= 15 is 0 Å². The number of nitrogens with one attached hydrogen (secondary N) is 1. The van der Waals surface area contributed by atoms with E-state index in [4.69, 9.17) is 21.1 Å². The van der Waals surface area contributed by atoms with Crippen molar-refractivity contribution in [2.45, 2.75) is 20.3 Å². The maximum Gasteiger partial charge on any atom is 0.255 e. The molecule has 3 aromatic carbocycles. The summed E-state index contributed by atoms with van der Waals surface area (Å²) in [6.07, 6.45) is 0.768. The predicted molar refractivity (Wildman–Crippen MR) is 117 cm³/mol. The Morgan fingerprint density at radius 2 is 1.59 bits per heavy atom. The standard InChI is InChI=1S/C24H24ClNO3/c1-17-6-3-7-21(16-17)29-15-5-14-28-20-12-10-19(11-13-20)24(27)26-23-9-4-8-22(25)18(23)2/h3-4,6-13,16H,5,14-15H2,1-2H3,(H,26,27). The number of benzene rings is 3. The summed E-state index contributed by atoms with van der Waals surface area (Å²) in [5.74, 6) is 1.40. The van der Waals surface area contributed by atoms with E-state index in [2.05, 4.69) is 5.32 Å². The van der Waals surface area contributed by atoms with Gasteiger partial charge in [0.25, 0.3) is 5.91 Å². The largest absolute Gasteiger partial charge is 0.493 e. The zero-order valence-electron chi connectivity index (χ0n) is 16.6. The van der Waals surface area contributed by atoms with Crippen LogP contribution in [-0.4, -0.2) is 19.1 Å². The summed E-state index contributed by atoms with van der Waals surface area (Å²) in [5, 5.41) is 3.51. The molecule has 150 valence electrons. The number of anilines is 1. The molecule has 0 aliphatic carbocycles. The monoisotopic (exact) mass is 409 g/mol. The molecule has 4 nitrogen and oxygen atoms in total. The third kappa shape index (κ3) is 6.00. The normalized spacial score (nSPS) is 10.4. The Morgan fingerprint density at radius 3 is 2.31 bits per heavy atom. The van der Waals surface area contributed by atoms with E-state index in [1.165, 1.54) is 5.56 Å². The molecule has 0 aliphatic rings. The summed E-state index contributed by atoms with van der Waals surface area (Å²) in [6.45, 7) is 5.04. The van der Waals surface area contributed by atoms with Gasteiger partial charge >= 0.3 is 0 Å². The molecular weight excluding hydrogens is 386 g/mol. The predicted octanol–water partition coefficient (Wildman–Crippen LogP) is 6.06. The molecule has 0 aliphatic heterocycles. The fraction of sp³-hybridized carbons (Fsp3) is 0.208. The fourth-order valence-corrected chi connectivity index (χ4v) is 2.96. The summed E-state index contributed by atoms with van der Waals surface area (Å²) >= 11 is 6.10. The average molecular weight is 410 g/mol. The van der Waals surface area contributed by atoms with Gasteiger partial charge in [-0.2, -0.15) is 0 Å². The van der Waals surface area contributed by atoms with Crippen LogP contribution in [0, 0.1) is 13.8 Å². The molecule has 0 unspecified atom stereocenters. The lowest BCUT2D eigenvalue weighted by atomic mass is 10.1. The topological polar surface area (TPSA) is 47.6 Å². The Kier molecular flexibility index (Phi) is 7.14. The van der Waals surface area contributed by atoms with Crippen LogP contribution in [0.2, 0.25) is 5.02 Å². The van der Waals surface area contributed by atoms with Crippen LogP contribution in [0.15, 0.2) is 66.7 Å². The van der Waals surface area contributed by atoms with Crippen molar-refractivity contribution in [2.24, 2.45) is 0 Å². The Bertz CT molecular complexity index is 970. The van der Waals surface area contributed by atoms with Crippen LogP contribution >= 0.6 is 11.6 Å². The minimum absolute atomic E-state index is 0.187. The lowest BCUT2D eigenvalue weighted by molar-refractivity contribution is 0.102. The molecule has 0 fully saturated rings. The summed E-state index contributed by atoms with van der Waals surface area (Å²) < 4.78 is 11.4. The second-order valence-corrected chi connectivity index (χ2v) is 7.17. The van der Waals surface area contributed by atoms with Crippen LogP contribution in [-0.2, 0) is 0 Å². The number of halogens is 1. The van der Waals surface area contributed by atoms with Crippen molar-refractivity contribution in [3.05, 3.63) is 88.4 Å². The van der Waals surface area contributed by atoms with Gasteiger partial charge in [-0.3, -0.25) is 4.79 Å². The van der Waals surface area contributed by atoms with Crippen molar-refractivity contribution in [3.63, 3.8) is 0 Å². The van der Waals surface area contributed by atoms with Crippen LogP contribution in [0.1, 0.15) is 27.9 Å². The van der Waals surface area contributed by atoms with Crippen molar-refractivity contribution >= 4 is 23.2 Å². The Morgan fingerprint density at radius 1 is 0.897 bits per heavy atom. The molecule has 5 heteroatoms. The van der Waals surface area contributed by atoms with Crippen molar-refractivity contribution in [3.8, 4) is 11.5 Å². The number of rotatable bonds is 8. The maximum atomic E-state index is 12.4. The summed E-state index contributed by atoms with van der Waals surface area (Å²) in [4.78, 5) is 12.4. The number of hydrogen-bond acceptors (Lipinski definition) is 3. The number of carbonyl (C=O) groups excluding carboxylic acids is 1. The number of aryl methyl sites for hydroxylation is 1. The van der Waals surface area contributed by atoms with Gasteiger partial charge in [-0.05, 0) is 73.5 Å². The molecule has 0 spiro atoms. The molecule has 1 N–H and O–H groups in total. The molecule has 3 aromatic rings.